The third kappa shape index (κ3) is 3.85. The Kier molecular flexibility index (Phi) is 5.81. The molecule has 0 aliphatic rings. The molecule has 0 aliphatic heterocycles. The zero-order valence-corrected chi connectivity index (χ0v) is 8.38. The molecule has 0 spiro atoms. The van der Waals surface area contributed by atoms with Gasteiger partial charge in [-0.15, -0.1) is 0 Å². The fraction of sp³-hybridized carbons (Fsp3) is 0.364. The molecular formula is C11H17NO. The van der Waals surface area contributed by atoms with E-state index in [2.05, 4.69) is 18.3 Å². The van der Waals surface area contributed by atoms with Gasteiger partial charge in [-0.2, -0.15) is 0 Å². The second kappa shape index (κ2) is 6.38. The van der Waals surface area contributed by atoms with Crippen molar-refractivity contribution in [2.75, 3.05) is 6.61 Å². The highest BCUT2D eigenvalue weighted by molar-refractivity contribution is 5.36. The van der Waals surface area contributed by atoms with E-state index < -0.39 is 0 Å². The van der Waals surface area contributed by atoms with Crippen molar-refractivity contribution in [2.24, 2.45) is 4.99 Å². The average molecular weight is 179 g/mol. The third-order valence-electron chi connectivity index (χ3n) is 1.84. The summed E-state index contributed by atoms with van der Waals surface area (Å²) in [5.41, 5.74) is 2.71. The van der Waals surface area contributed by atoms with Crippen LogP contribution in [-0.2, 0) is 0 Å². The lowest BCUT2D eigenvalue weighted by molar-refractivity contribution is 0.333. The highest BCUT2D eigenvalue weighted by Gasteiger charge is 1.98. The maximum atomic E-state index is 9.09. The normalized spacial score (nSPS) is 13.6. The zero-order valence-electron chi connectivity index (χ0n) is 8.38. The molecule has 0 aromatic heterocycles. The number of hydrogen-bond acceptors (Lipinski definition) is 2. The Bertz CT molecular complexity index is 249. The minimum atomic E-state index is 0.0159. The Morgan fingerprint density at radius 3 is 2.38 bits per heavy atom. The summed E-state index contributed by atoms with van der Waals surface area (Å²) in [7, 11) is 0. The van der Waals surface area contributed by atoms with E-state index in [4.69, 9.17) is 5.11 Å². The first-order chi connectivity index (χ1) is 6.19. The van der Waals surface area contributed by atoms with Crippen molar-refractivity contribution in [1.82, 2.24) is 0 Å². The van der Waals surface area contributed by atoms with Crippen molar-refractivity contribution < 1.29 is 5.11 Å². The topological polar surface area (TPSA) is 32.6 Å². The van der Waals surface area contributed by atoms with E-state index in [0.29, 0.717) is 0 Å². The van der Waals surface area contributed by atoms with Crippen LogP contribution in [0.5, 0.6) is 0 Å². The molecule has 0 unspecified atom stereocenters. The third-order valence-corrected chi connectivity index (χ3v) is 1.84. The summed E-state index contributed by atoms with van der Waals surface area (Å²) in [6.07, 6.45) is 4.45. The molecule has 1 N–H and O–H groups in total. The number of allylic oxidation sites excluding steroid dienone is 3. The summed E-state index contributed by atoms with van der Waals surface area (Å²) < 4.78 is 0. The largest absolute Gasteiger partial charge is 0.392 e. The molecule has 0 saturated heterocycles. The van der Waals surface area contributed by atoms with Gasteiger partial charge in [-0.25, -0.2) is 0 Å². The van der Waals surface area contributed by atoms with Gasteiger partial charge in [-0.05, 0) is 37.3 Å². The Labute approximate surface area is 80.0 Å². The van der Waals surface area contributed by atoms with Gasteiger partial charge in [0.1, 0.15) is 0 Å². The minimum absolute atomic E-state index is 0.0159. The monoisotopic (exact) mass is 179 g/mol. The number of nitrogens with zero attached hydrogens (tertiary/aromatic N) is 1. The van der Waals surface area contributed by atoms with E-state index in [1.54, 1.807) is 6.08 Å². The highest BCUT2D eigenvalue weighted by atomic mass is 16.3. The molecular weight excluding hydrogens is 162 g/mol. The molecule has 0 radical (unpaired) electrons. The molecule has 0 bridgehead atoms. The maximum Gasteiger partial charge on any atom is 0.0685 e. The van der Waals surface area contributed by atoms with Crippen molar-refractivity contribution in [3.05, 3.63) is 35.6 Å². The van der Waals surface area contributed by atoms with Gasteiger partial charge < -0.3 is 5.11 Å². The summed E-state index contributed by atoms with van der Waals surface area (Å²) in [5, 5.41) is 9.09. The molecule has 0 fully saturated rings. The predicted octanol–water partition coefficient (Wildman–Crippen LogP) is 2.48. The molecule has 0 rings (SSSR count). The zero-order chi connectivity index (χ0) is 10.3. The predicted molar refractivity (Wildman–Crippen MR) is 57.9 cm³/mol. The number of hydrogen-bond donors (Lipinski definition) is 1. The van der Waals surface area contributed by atoms with Crippen LogP contribution < -0.4 is 0 Å². The number of aliphatic imine (C=N–C) groups is 1. The van der Waals surface area contributed by atoms with E-state index in [1.165, 1.54) is 0 Å². The lowest BCUT2D eigenvalue weighted by Gasteiger charge is -2.04. The quantitative estimate of drug-likeness (QED) is 0.510. The number of aliphatic hydroxyl groups is 1. The van der Waals surface area contributed by atoms with Crippen LogP contribution in [-0.4, -0.2) is 18.4 Å². The molecule has 13 heavy (non-hydrogen) atoms. The van der Waals surface area contributed by atoms with Crippen LogP contribution in [0.4, 0.5) is 0 Å². The van der Waals surface area contributed by atoms with Crippen LogP contribution in [0.2, 0.25) is 0 Å². The van der Waals surface area contributed by atoms with Gasteiger partial charge in [-0.1, -0.05) is 19.6 Å². The maximum absolute atomic E-state index is 9.09. The molecule has 0 amide bonds. The molecule has 0 aromatic carbocycles. The summed E-state index contributed by atoms with van der Waals surface area (Å²) in [5.74, 6) is 0. The van der Waals surface area contributed by atoms with E-state index in [0.717, 1.165) is 23.3 Å². The molecule has 2 nitrogen and oxygen atoms in total. The SMILES string of the molecule is C=C/C(CC)=C(\C=C(/C)N=C)CO. The van der Waals surface area contributed by atoms with Crippen LogP contribution in [0.15, 0.2) is 40.6 Å². The Balaban J connectivity index is 4.96. The lowest BCUT2D eigenvalue weighted by atomic mass is 10.1. The minimum Gasteiger partial charge on any atom is -0.392 e. The Morgan fingerprint density at radius 2 is 2.08 bits per heavy atom. The van der Waals surface area contributed by atoms with Gasteiger partial charge in [-0.3, -0.25) is 4.99 Å². The summed E-state index contributed by atoms with van der Waals surface area (Å²) in [6.45, 7) is 11.0. The second-order valence-electron chi connectivity index (χ2n) is 2.71. The van der Waals surface area contributed by atoms with Gasteiger partial charge in [0.25, 0.3) is 0 Å². The van der Waals surface area contributed by atoms with Crippen LogP contribution in [0.1, 0.15) is 20.3 Å². The average Bonchev–Trinajstić information content (AvgIpc) is 2.17. The van der Waals surface area contributed by atoms with Gasteiger partial charge in [0.15, 0.2) is 0 Å². The fourth-order valence-corrected chi connectivity index (χ4v) is 1.04. The van der Waals surface area contributed by atoms with E-state index in [1.807, 2.05) is 19.9 Å². The molecule has 0 aliphatic carbocycles. The summed E-state index contributed by atoms with van der Waals surface area (Å²) in [6, 6.07) is 0. The smallest absolute Gasteiger partial charge is 0.0685 e. The summed E-state index contributed by atoms with van der Waals surface area (Å²) >= 11 is 0. The van der Waals surface area contributed by atoms with Gasteiger partial charge in [0.2, 0.25) is 0 Å². The van der Waals surface area contributed by atoms with E-state index in [-0.39, 0.29) is 6.61 Å². The summed E-state index contributed by atoms with van der Waals surface area (Å²) in [4.78, 5) is 3.76. The van der Waals surface area contributed by atoms with E-state index >= 15 is 0 Å². The van der Waals surface area contributed by atoms with Crippen molar-refractivity contribution in [3.63, 3.8) is 0 Å². The first-order valence-corrected chi connectivity index (χ1v) is 4.29. The Morgan fingerprint density at radius 1 is 1.46 bits per heavy atom. The fourth-order valence-electron chi connectivity index (χ4n) is 1.04. The van der Waals surface area contributed by atoms with Crippen LogP contribution in [0, 0.1) is 0 Å². The molecule has 0 heterocycles. The number of aliphatic hydroxyl groups excluding tert-OH is 1. The van der Waals surface area contributed by atoms with Crippen molar-refractivity contribution >= 4 is 6.72 Å². The number of rotatable bonds is 5. The molecule has 72 valence electrons. The molecule has 0 aromatic rings. The van der Waals surface area contributed by atoms with Crippen molar-refractivity contribution in [2.45, 2.75) is 20.3 Å². The Hall–Kier alpha value is -1.15. The van der Waals surface area contributed by atoms with Crippen LogP contribution in [0.3, 0.4) is 0 Å². The first kappa shape index (κ1) is 11.8. The van der Waals surface area contributed by atoms with Crippen molar-refractivity contribution in [1.29, 1.82) is 0 Å². The van der Waals surface area contributed by atoms with E-state index in [9.17, 15) is 0 Å². The van der Waals surface area contributed by atoms with Crippen molar-refractivity contribution in [3.8, 4) is 0 Å². The van der Waals surface area contributed by atoms with Gasteiger partial charge >= 0.3 is 0 Å². The first-order valence-electron chi connectivity index (χ1n) is 4.29. The second-order valence-corrected chi connectivity index (χ2v) is 2.71. The van der Waals surface area contributed by atoms with Crippen LogP contribution >= 0.6 is 0 Å². The standard InChI is InChI=1S/C11H17NO/c1-5-10(6-2)11(8-13)7-9(3)12-4/h5,7,13H,1,4,6,8H2,2-3H3/b9-7+,11-10-. The lowest BCUT2D eigenvalue weighted by Crippen LogP contribution is -1.92. The van der Waals surface area contributed by atoms with Gasteiger partial charge in [0, 0.05) is 5.70 Å². The highest BCUT2D eigenvalue weighted by Crippen LogP contribution is 2.12. The molecule has 0 atom stereocenters. The van der Waals surface area contributed by atoms with Gasteiger partial charge in [0.05, 0.1) is 6.61 Å². The van der Waals surface area contributed by atoms with Crippen LogP contribution in [0.25, 0.3) is 0 Å². The molecule has 2 heteroatoms. The molecule has 0 saturated carbocycles.